The highest BCUT2D eigenvalue weighted by atomic mass is 16.5. The maximum Gasteiger partial charge on any atom is 0.247 e. The summed E-state index contributed by atoms with van der Waals surface area (Å²) >= 11 is 0. The third kappa shape index (κ3) is 5.36. The number of anilines is 2. The van der Waals surface area contributed by atoms with Crippen molar-refractivity contribution in [1.29, 1.82) is 0 Å². The predicted molar refractivity (Wildman–Crippen MR) is 120 cm³/mol. The van der Waals surface area contributed by atoms with Gasteiger partial charge in [-0.1, -0.05) is 12.6 Å². The zero-order valence-corrected chi connectivity index (χ0v) is 18.2. The Hall–Kier alpha value is -3.94. The predicted octanol–water partition coefficient (Wildman–Crippen LogP) is 4.03. The first kappa shape index (κ1) is 23.3. The Morgan fingerprint density at radius 3 is 2.16 bits per heavy atom. The molecule has 0 saturated carbocycles. The van der Waals surface area contributed by atoms with Gasteiger partial charge >= 0.3 is 0 Å². The van der Waals surface area contributed by atoms with Crippen LogP contribution in [0.1, 0.15) is 6.92 Å². The zero-order valence-electron chi connectivity index (χ0n) is 18.2. The monoisotopic (exact) mass is 426 g/mol. The van der Waals surface area contributed by atoms with Gasteiger partial charge in [0.2, 0.25) is 5.91 Å². The van der Waals surface area contributed by atoms with Crippen molar-refractivity contribution >= 4 is 23.1 Å². The molecular formula is C23H26N2O6. The van der Waals surface area contributed by atoms with Crippen LogP contribution in [0.3, 0.4) is 0 Å². The third-order valence-electron chi connectivity index (χ3n) is 4.33. The van der Waals surface area contributed by atoms with Gasteiger partial charge in [0.15, 0.2) is 11.5 Å². The Labute approximate surface area is 181 Å². The molecule has 8 nitrogen and oxygen atoms in total. The van der Waals surface area contributed by atoms with Crippen LogP contribution < -0.4 is 29.6 Å². The van der Waals surface area contributed by atoms with E-state index >= 15 is 0 Å². The average molecular weight is 426 g/mol. The molecule has 0 heterocycles. The number of allylic oxidation sites excluding steroid dienone is 1. The maximum atomic E-state index is 12.0. The van der Waals surface area contributed by atoms with Crippen molar-refractivity contribution in [3.8, 4) is 34.1 Å². The SMILES string of the molecule is C=CC(=O)Nc1c(OC)cc(OC)c(-c2ccc(OC)c(N/C=C\C(C)=O)c2)c1OC. The Balaban J connectivity index is 2.73. The van der Waals surface area contributed by atoms with Crippen molar-refractivity contribution in [2.75, 3.05) is 39.1 Å². The highest BCUT2D eigenvalue weighted by Crippen LogP contribution is 2.49. The van der Waals surface area contributed by atoms with Gasteiger partial charge in [-0.15, -0.1) is 0 Å². The molecule has 0 aliphatic heterocycles. The number of nitrogens with one attached hydrogen (secondary N) is 2. The maximum absolute atomic E-state index is 12.0. The van der Waals surface area contributed by atoms with Gasteiger partial charge in [0.05, 0.1) is 39.7 Å². The zero-order chi connectivity index (χ0) is 23.0. The van der Waals surface area contributed by atoms with E-state index < -0.39 is 5.91 Å². The number of benzene rings is 2. The normalized spacial score (nSPS) is 10.4. The summed E-state index contributed by atoms with van der Waals surface area (Å²) in [6.45, 7) is 4.94. The molecule has 0 aromatic heterocycles. The Morgan fingerprint density at radius 2 is 1.61 bits per heavy atom. The van der Waals surface area contributed by atoms with E-state index in [9.17, 15) is 9.59 Å². The van der Waals surface area contributed by atoms with Gasteiger partial charge in [-0.3, -0.25) is 9.59 Å². The molecule has 0 bridgehead atoms. The van der Waals surface area contributed by atoms with Crippen LogP contribution in [0.25, 0.3) is 11.1 Å². The highest BCUT2D eigenvalue weighted by Gasteiger charge is 2.23. The van der Waals surface area contributed by atoms with Gasteiger partial charge in [-0.05, 0) is 36.8 Å². The van der Waals surface area contributed by atoms with Gasteiger partial charge in [-0.2, -0.15) is 0 Å². The summed E-state index contributed by atoms with van der Waals surface area (Å²) in [5.41, 5.74) is 2.26. The number of amides is 1. The third-order valence-corrected chi connectivity index (χ3v) is 4.33. The van der Waals surface area contributed by atoms with E-state index in [0.717, 1.165) is 6.08 Å². The fraction of sp³-hybridized carbons (Fsp3) is 0.217. The molecular weight excluding hydrogens is 400 g/mol. The van der Waals surface area contributed by atoms with Crippen molar-refractivity contribution in [3.05, 3.63) is 49.2 Å². The van der Waals surface area contributed by atoms with E-state index in [1.165, 1.54) is 40.5 Å². The molecule has 2 aromatic rings. The minimum absolute atomic E-state index is 0.0938. The molecule has 0 saturated heterocycles. The van der Waals surface area contributed by atoms with Crippen LogP contribution in [0.15, 0.2) is 49.2 Å². The van der Waals surface area contributed by atoms with Crippen LogP contribution in [0.2, 0.25) is 0 Å². The summed E-state index contributed by atoms with van der Waals surface area (Å²) in [5.74, 6) is 1.25. The number of hydrogen-bond acceptors (Lipinski definition) is 7. The van der Waals surface area contributed by atoms with Crippen LogP contribution in [0.4, 0.5) is 11.4 Å². The molecule has 0 unspecified atom stereocenters. The largest absolute Gasteiger partial charge is 0.496 e. The first-order valence-electron chi connectivity index (χ1n) is 9.28. The van der Waals surface area contributed by atoms with Crippen molar-refractivity contribution in [1.82, 2.24) is 0 Å². The quantitative estimate of drug-likeness (QED) is 0.554. The smallest absolute Gasteiger partial charge is 0.247 e. The Morgan fingerprint density at radius 1 is 0.935 bits per heavy atom. The molecule has 0 aliphatic rings. The molecule has 8 heteroatoms. The number of methoxy groups -OCH3 is 4. The summed E-state index contributed by atoms with van der Waals surface area (Å²) in [6.07, 6.45) is 4.09. The number of ketones is 1. The van der Waals surface area contributed by atoms with Gasteiger partial charge in [0.1, 0.15) is 22.9 Å². The van der Waals surface area contributed by atoms with Crippen molar-refractivity contribution in [2.45, 2.75) is 6.92 Å². The lowest BCUT2D eigenvalue weighted by atomic mass is 10.00. The Bertz CT molecular complexity index is 1010. The summed E-state index contributed by atoms with van der Waals surface area (Å²) in [5, 5.41) is 5.77. The standard InChI is InChI=1S/C23H26N2O6/c1-7-20(27)25-22-19(30-5)13-18(29-4)21(23(22)31-6)15-8-9-17(28-3)16(12-15)24-11-10-14(2)26/h7-13,24H,1H2,2-6H3,(H,25,27)/b11-10-. The fourth-order valence-corrected chi connectivity index (χ4v) is 2.93. The lowest BCUT2D eigenvalue weighted by Crippen LogP contribution is -2.11. The van der Waals surface area contributed by atoms with Gasteiger partial charge < -0.3 is 29.6 Å². The van der Waals surface area contributed by atoms with Crippen molar-refractivity contribution in [3.63, 3.8) is 0 Å². The number of rotatable bonds is 10. The first-order valence-corrected chi connectivity index (χ1v) is 9.28. The lowest BCUT2D eigenvalue weighted by molar-refractivity contribution is -0.113. The number of carbonyl (C=O) groups excluding carboxylic acids is 2. The van der Waals surface area contributed by atoms with Crippen LogP contribution >= 0.6 is 0 Å². The molecule has 0 spiro atoms. The van der Waals surface area contributed by atoms with Crippen LogP contribution in [0, 0.1) is 0 Å². The van der Waals surface area contributed by atoms with Gasteiger partial charge in [-0.25, -0.2) is 0 Å². The molecule has 2 aromatic carbocycles. The summed E-state index contributed by atoms with van der Waals surface area (Å²) in [4.78, 5) is 23.2. The second-order valence-electron chi connectivity index (χ2n) is 6.26. The molecule has 0 aliphatic carbocycles. The number of ether oxygens (including phenoxy) is 4. The van der Waals surface area contributed by atoms with E-state index in [-0.39, 0.29) is 5.78 Å². The van der Waals surface area contributed by atoms with Crippen LogP contribution in [-0.4, -0.2) is 40.1 Å². The van der Waals surface area contributed by atoms with Gasteiger partial charge in [0, 0.05) is 12.3 Å². The lowest BCUT2D eigenvalue weighted by Gasteiger charge is -2.21. The van der Waals surface area contributed by atoms with E-state index in [1.54, 1.807) is 19.2 Å². The van der Waals surface area contributed by atoms with Crippen molar-refractivity contribution < 1.29 is 28.5 Å². The van der Waals surface area contributed by atoms with Crippen LogP contribution in [0.5, 0.6) is 23.0 Å². The van der Waals surface area contributed by atoms with E-state index in [1.807, 2.05) is 12.1 Å². The fourth-order valence-electron chi connectivity index (χ4n) is 2.93. The average Bonchev–Trinajstić information content (AvgIpc) is 2.77. The van der Waals surface area contributed by atoms with Gasteiger partial charge in [0.25, 0.3) is 0 Å². The molecule has 31 heavy (non-hydrogen) atoms. The molecule has 0 atom stereocenters. The summed E-state index contributed by atoms with van der Waals surface area (Å²) in [6, 6.07) is 7.06. The summed E-state index contributed by atoms with van der Waals surface area (Å²) in [7, 11) is 6.04. The second-order valence-corrected chi connectivity index (χ2v) is 6.26. The first-order chi connectivity index (χ1) is 14.9. The summed E-state index contributed by atoms with van der Waals surface area (Å²) < 4.78 is 22.1. The topological polar surface area (TPSA) is 95.1 Å². The van der Waals surface area contributed by atoms with E-state index in [2.05, 4.69) is 17.2 Å². The molecule has 0 fully saturated rings. The van der Waals surface area contributed by atoms with Crippen molar-refractivity contribution in [2.24, 2.45) is 0 Å². The minimum Gasteiger partial charge on any atom is -0.496 e. The molecule has 164 valence electrons. The Kier molecular flexibility index (Phi) is 8.08. The molecule has 2 N–H and O–H groups in total. The number of carbonyl (C=O) groups is 2. The minimum atomic E-state index is -0.417. The number of hydrogen-bond donors (Lipinski definition) is 2. The van der Waals surface area contributed by atoms with E-state index in [0.29, 0.717) is 45.5 Å². The molecule has 2 rings (SSSR count). The van der Waals surface area contributed by atoms with E-state index in [4.69, 9.17) is 18.9 Å². The second kappa shape index (κ2) is 10.7. The molecule has 0 radical (unpaired) electrons. The highest BCUT2D eigenvalue weighted by molar-refractivity contribution is 6.03. The molecule has 1 amide bonds. The van der Waals surface area contributed by atoms with Crippen LogP contribution in [-0.2, 0) is 9.59 Å².